The van der Waals surface area contributed by atoms with E-state index in [4.69, 9.17) is 28.4 Å². The van der Waals surface area contributed by atoms with Gasteiger partial charge in [-0.05, 0) is 116 Å². The van der Waals surface area contributed by atoms with E-state index >= 15 is 0 Å². The fraction of sp³-hybridized carbons (Fsp3) is 0.938. The minimum Gasteiger partial charge on any atom is -0.481 e. The zero-order chi connectivity index (χ0) is 47.6. The van der Waals surface area contributed by atoms with Gasteiger partial charge < -0.3 is 79.5 Å². The van der Waals surface area contributed by atoms with Crippen LogP contribution in [0, 0.1) is 50.2 Å². The van der Waals surface area contributed by atoms with Gasteiger partial charge >= 0.3 is 5.97 Å². The lowest BCUT2D eigenvalue weighted by atomic mass is 9.33. The molecule has 5 aliphatic carbocycles. The van der Waals surface area contributed by atoms with Crippen LogP contribution in [0.3, 0.4) is 0 Å². The Morgan fingerprint density at radius 3 is 1.88 bits per heavy atom. The van der Waals surface area contributed by atoms with Gasteiger partial charge in [0, 0.05) is 0 Å². The summed E-state index contributed by atoms with van der Waals surface area (Å²) in [4.78, 5) is 13.2. The fourth-order valence-electron chi connectivity index (χ4n) is 15.1. The van der Waals surface area contributed by atoms with Gasteiger partial charge in [0.15, 0.2) is 18.9 Å². The summed E-state index contributed by atoms with van der Waals surface area (Å²) in [6, 6.07) is 0. The van der Waals surface area contributed by atoms with Gasteiger partial charge in [-0.25, -0.2) is 0 Å². The number of rotatable bonds is 9. The maximum Gasteiger partial charge on any atom is 0.310 e. The van der Waals surface area contributed by atoms with Crippen LogP contribution in [0.25, 0.3) is 0 Å². The summed E-state index contributed by atoms with van der Waals surface area (Å²) in [6.45, 7) is 16.3. The molecule has 17 heteroatoms. The molecule has 3 aliphatic heterocycles. The van der Waals surface area contributed by atoms with Gasteiger partial charge in [-0.2, -0.15) is 0 Å². The van der Waals surface area contributed by atoms with E-state index in [0.29, 0.717) is 25.2 Å². The third-order valence-electron chi connectivity index (χ3n) is 19.3. The van der Waals surface area contributed by atoms with Gasteiger partial charge in [0.2, 0.25) is 0 Å². The highest BCUT2D eigenvalue weighted by molar-refractivity contribution is 5.76. The highest BCUT2D eigenvalue weighted by atomic mass is 16.8. The lowest BCUT2D eigenvalue weighted by Crippen LogP contribution is -2.68. The van der Waals surface area contributed by atoms with Gasteiger partial charge in [-0.1, -0.05) is 60.1 Å². The summed E-state index contributed by atoms with van der Waals surface area (Å²) in [5.74, 6) is -0.190. The van der Waals surface area contributed by atoms with Crippen molar-refractivity contribution in [3.63, 3.8) is 0 Å². The number of aliphatic hydroxyl groups is 9. The van der Waals surface area contributed by atoms with Crippen molar-refractivity contribution in [3.05, 3.63) is 11.6 Å². The van der Waals surface area contributed by atoms with Crippen LogP contribution in [0.4, 0.5) is 0 Å². The van der Waals surface area contributed by atoms with Crippen LogP contribution in [-0.4, -0.2) is 168 Å². The van der Waals surface area contributed by atoms with E-state index in [0.717, 1.165) is 44.9 Å². The number of carbonyl (C=O) groups is 1. The second-order valence-electron chi connectivity index (χ2n) is 23.5. The third kappa shape index (κ3) is 7.81. The van der Waals surface area contributed by atoms with Gasteiger partial charge in [0.25, 0.3) is 0 Å². The van der Waals surface area contributed by atoms with Crippen LogP contribution >= 0.6 is 0 Å². The Hall–Kier alpha value is -1.39. The summed E-state index contributed by atoms with van der Waals surface area (Å²) in [6.07, 6.45) is -13.6. The Morgan fingerprint density at radius 2 is 1.23 bits per heavy atom. The lowest BCUT2D eigenvalue weighted by molar-refractivity contribution is -0.398. The predicted octanol–water partition coefficient (Wildman–Crippen LogP) is 1.73. The topological polar surface area (TPSA) is 275 Å². The van der Waals surface area contributed by atoms with Crippen LogP contribution in [0.1, 0.15) is 120 Å². The SMILES string of the molecule is CC1OC(OC2C(OC3CCC4(C)C(CCC5(C)C4CC=C4C6CC(C)(C)CCC6(C(=O)O)CCC45C)C3(C)C)OC(CO)C(O)C2OC2OC(CO)C(O)C(O)C2O)C(O)C(O)C1O. The predicted molar refractivity (Wildman–Crippen MR) is 229 cm³/mol. The van der Waals surface area contributed by atoms with Gasteiger partial charge in [-0.3, -0.25) is 4.79 Å². The average Bonchev–Trinajstić information content (AvgIpc) is 3.24. The van der Waals surface area contributed by atoms with E-state index in [1.54, 1.807) is 0 Å². The molecule has 10 N–H and O–H groups in total. The number of carboxylic acids is 1. The van der Waals surface area contributed by atoms with E-state index in [2.05, 4.69) is 54.5 Å². The monoisotopic (exact) mass is 927 g/mol. The van der Waals surface area contributed by atoms with Crippen molar-refractivity contribution in [1.82, 2.24) is 0 Å². The number of aliphatic carboxylic acids is 1. The van der Waals surface area contributed by atoms with Crippen molar-refractivity contribution < 1.29 is 84.3 Å². The molecule has 0 amide bonds. The molecule has 3 saturated heterocycles. The molecule has 8 rings (SSSR count). The maximum absolute atomic E-state index is 13.2. The van der Waals surface area contributed by atoms with Gasteiger partial charge in [0.1, 0.15) is 67.1 Å². The molecule has 0 spiro atoms. The summed E-state index contributed by atoms with van der Waals surface area (Å²) in [7, 11) is 0. The quantitative estimate of drug-likeness (QED) is 0.117. The second kappa shape index (κ2) is 17.5. The molecule has 0 bridgehead atoms. The number of ether oxygens (including phenoxy) is 6. The Kier molecular flexibility index (Phi) is 13.4. The largest absolute Gasteiger partial charge is 0.481 e. The first kappa shape index (κ1) is 50.0. The highest BCUT2D eigenvalue weighted by Crippen LogP contribution is 2.76. The van der Waals surface area contributed by atoms with Crippen LogP contribution in [0.5, 0.6) is 0 Å². The fourth-order valence-corrected chi connectivity index (χ4v) is 15.1. The van der Waals surface area contributed by atoms with Gasteiger partial charge in [-0.15, -0.1) is 0 Å². The van der Waals surface area contributed by atoms with E-state index in [9.17, 15) is 55.9 Å². The Bertz CT molecular complexity index is 1780. The first-order chi connectivity index (χ1) is 30.3. The lowest BCUT2D eigenvalue weighted by Gasteiger charge is -2.71. The number of hydrogen-bond donors (Lipinski definition) is 10. The van der Waals surface area contributed by atoms with E-state index < -0.39 is 128 Å². The molecule has 8 aliphatic rings. The number of allylic oxidation sites excluding steroid dienone is 2. The summed E-state index contributed by atoms with van der Waals surface area (Å²) in [5, 5.41) is 107. The summed E-state index contributed by atoms with van der Waals surface area (Å²) >= 11 is 0. The summed E-state index contributed by atoms with van der Waals surface area (Å²) in [5.41, 5.74) is -0.188. The summed E-state index contributed by atoms with van der Waals surface area (Å²) < 4.78 is 37.3. The minimum absolute atomic E-state index is 0.00322. The zero-order valence-corrected chi connectivity index (χ0v) is 39.4. The van der Waals surface area contributed by atoms with Crippen molar-refractivity contribution in [2.75, 3.05) is 13.2 Å². The Morgan fingerprint density at radius 1 is 0.646 bits per heavy atom. The number of carboxylic acid groups (broad SMARTS) is 1. The van der Waals surface area contributed by atoms with Crippen molar-refractivity contribution >= 4 is 5.97 Å². The van der Waals surface area contributed by atoms with Crippen LogP contribution in [0.2, 0.25) is 0 Å². The molecular formula is C48H78O17. The molecular weight excluding hydrogens is 849 g/mol. The zero-order valence-electron chi connectivity index (χ0n) is 39.4. The third-order valence-corrected chi connectivity index (χ3v) is 19.3. The van der Waals surface area contributed by atoms with Crippen molar-refractivity contribution in [1.29, 1.82) is 0 Å². The van der Waals surface area contributed by atoms with Crippen molar-refractivity contribution in [2.45, 2.75) is 218 Å². The van der Waals surface area contributed by atoms with Crippen molar-refractivity contribution in [3.8, 4) is 0 Å². The minimum atomic E-state index is -1.87. The highest BCUT2D eigenvalue weighted by Gasteiger charge is 2.70. The average molecular weight is 927 g/mol. The van der Waals surface area contributed by atoms with Crippen LogP contribution in [0.15, 0.2) is 11.6 Å². The number of aliphatic hydroxyl groups excluding tert-OH is 9. The van der Waals surface area contributed by atoms with E-state index in [-0.39, 0.29) is 33.5 Å². The number of hydrogen-bond acceptors (Lipinski definition) is 16. The molecule has 4 saturated carbocycles. The molecule has 0 radical (unpaired) electrons. The van der Waals surface area contributed by atoms with Crippen LogP contribution < -0.4 is 0 Å². The normalized spacial score (nSPS) is 54.0. The standard InChI is InChI=1S/C48H78O17/c1-22-30(51)33(54)35(56)39(60-22)65-38-37(64-40-36(57)34(55)31(52)25(20-49)61-40)32(53)26(21-50)62-41(38)63-29-12-13-45(6)27(44(29,4)5)11-14-47(8)28(45)10-9-23-24-19-43(2,3)15-17-48(24,42(58)59)18-16-46(23,47)7/h9,22,24-41,49-57H,10-21H2,1-8H3,(H,58,59). The molecule has 0 aromatic carbocycles. The molecule has 0 aromatic rings. The molecule has 17 nitrogen and oxygen atoms in total. The van der Waals surface area contributed by atoms with Gasteiger partial charge in [0.05, 0.1) is 30.8 Å². The van der Waals surface area contributed by atoms with Crippen LogP contribution in [-0.2, 0) is 33.2 Å². The molecule has 0 aromatic heterocycles. The Labute approximate surface area is 382 Å². The second-order valence-corrected chi connectivity index (χ2v) is 23.5. The first-order valence-corrected chi connectivity index (χ1v) is 24.2. The van der Waals surface area contributed by atoms with Crippen molar-refractivity contribution in [2.24, 2.45) is 50.2 Å². The molecule has 7 fully saturated rings. The Balaban J connectivity index is 1.09. The molecule has 23 unspecified atom stereocenters. The number of fused-ring (bicyclic) bond motifs is 7. The molecule has 23 atom stereocenters. The molecule has 65 heavy (non-hydrogen) atoms. The molecule has 372 valence electrons. The van der Waals surface area contributed by atoms with E-state index in [1.807, 2.05) is 0 Å². The maximum atomic E-state index is 13.2. The smallest absolute Gasteiger partial charge is 0.310 e. The molecule has 3 heterocycles. The first-order valence-electron chi connectivity index (χ1n) is 24.2. The van der Waals surface area contributed by atoms with E-state index in [1.165, 1.54) is 12.5 Å².